The second-order valence-corrected chi connectivity index (χ2v) is 21.7. The zero-order valence-corrected chi connectivity index (χ0v) is 35.9. The van der Waals surface area contributed by atoms with Crippen molar-refractivity contribution in [2.24, 2.45) is 27.2 Å². The molecular weight excluding hydrogens is 649 g/mol. The van der Waals surface area contributed by atoms with Gasteiger partial charge in [0.05, 0.1) is 12.1 Å². The van der Waals surface area contributed by atoms with E-state index in [1.807, 2.05) is 0 Å². The summed E-state index contributed by atoms with van der Waals surface area (Å²) in [6.07, 6.45) is 14.4. The normalized spacial score (nSPS) is 22.7. The fraction of sp³-hybridized carbons (Fsp3) is 0.714. The minimum Gasteiger partial charge on any atom is -0.478 e. The Balaban J connectivity index is 1.58. The van der Waals surface area contributed by atoms with Crippen LogP contribution in [0, 0.1) is 17.3 Å². The van der Waals surface area contributed by atoms with Gasteiger partial charge in [-0.15, -0.1) is 0 Å². The van der Waals surface area contributed by atoms with Crippen LogP contribution in [0.25, 0.3) is 0 Å². The molecule has 4 heteroatoms. The minimum atomic E-state index is -0.649. The minimum absolute atomic E-state index is 0.0161. The van der Waals surface area contributed by atoms with E-state index in [1.54, 1.807) is 0 Å². The summed E-state index contributed by atoms with van der Waals surface area (Å²) in [7, 11) is 0. The van der Waals surface area contributed by atoms with Gasteiger partial charge in [-0.25, -0.2) is 9.98 Å². The van der Waals surface area contributed by atoms with Gasteiger partial charge in [-0.05, 0) is 105 Å². The molecule has 2 atom stereocenters. The summed E-state index contributed by atoms with van der Waals surface area (Å²) in [6, 6.07) is 15.2. The Morgan fingerprint density at radius 2 is 0.755 bits per heavy atom. The van der Waals surface area contributed by atoms with E-state index in [0.29, 0.717) is 25.0 Å². The molecule has 2 saturated carbocycles. The number of nitrogens with zero attached hydrogens (tertiary/aromatic N) is 2. The van der Waals surface area contributed by atoms with Crippen LogP contribution in [0.3, 0.4) is 0 Å². The molecule has 292 valence electrons. The first kappa shape index (κ1) is 40.1. The third-order valence-electron chi connectivity index (χ3n) is 13.0. The van der Waals surface area contributed by atoms with Crippen molar-refractivity contribution < 1.29 is 9.47 Å². The monoisotopic (exact) mass is 723 g/mol. The van der Waals surface area contributed by atoms with E-state index in [4.69, 9.17) is 19.5 Å². The number of hydrogen-bond acceptors (Lipinski definition) is 4. The smallest absolute Gasteiger partial charge is 0.200 e. The van der Waals surface area contributed by atoms with Crippen molar-refractivity contribution in [1.82, 2.24) is 0 Å². The Morgan fingerprint density at radius 1 is 0.453 bits per heavy atom. The second kappa shape index (κ2) is 15.1. The number of rotatable bonds is 8. The van der Waals surface area contributed by atoms with Crippen molar-refractivity contribution >= 4 is 11.8 Å². The zero-order chi connectivity index (χ0) is 38.4. The lowest BCUT2D eigenvalue weighted by Gasteiger charge is -2.35. The SMILES string of the molecule is CC(C)(C)c1cc(CC(Cc2cc(C(C)(C)C)cc(C(C)(C)C)c2)(C2=N[C@@H](C3CCCCC3)CO2)C2=N[C@@H](C3CCCCC3)CO2)cc(C(C)(C)C)c1. The molecule has 2 fully saturated rings. The molecular formula is C49H74N2O2. The van der Waals surface area contributed by atoms with Crippen LogP contribution >= 0.6 is 0 Å². The van der Waals surface area contributed by atoms with Crippen LogP contribution in [0.2, 0.25) is 0 Å². The number of benzene rings is 2. The van der Waals surface area contributed by atoms with Gasteiger partial charge < -0.3 is 9.47 Å². The van der Waals surface area contributed by atoms with Crippen LogP contribution in [0.15, 0.2) is 46.4 Å². The highest BCUT2D eigenvalue weighted by Gasteiger charge is 2.51. The van der Waals surface area contributed by atoms with Crippen LogP contribution in [0.5, 0.6) is 0 Å². The van der Waals surface area contributed by atoms with Crippen molar-refractivity contribution in [3.63, 3.8) is 0 Å². The molecule has 4 nitrogen and oxygen atoms in total. The summed E-state index contributed by atoms with van der Waals surface area (Å²) >= 11 is 0. The average molecular weight is 723 g/mol. The molecule has 2 aliphatic carbocycles. The fourth-order valence-electron chi connectivity index (χ4n) is 9.30. The maximum Gasteiger partial charge on any atom is 0.200 e. The number of aliphatic imine (C=N–C) groups is 2. The second-order valence-electron chi connectivity index (χ2n) is 21.7. The fourth-order valence-corrected chi connectivity index (χ4v) is 9.30. The molecule has 0 saturated heterocycles. The van der Waals surface area contributed by atoms with Gasteiger partial charge in [0, 0.05) is 0 Å². The lowest BCUT2D eigenvalue weighted by atomic mass is 9.71. The molecule has 0 radical (unpaired) electrons. The molecule has 0 N–H and O–H groups in total. The van der Waals surface area contributed by atoms with E-state index in [1.165, 1.54) is 97.6 Å². The lowest BCUT2D eigenvalue weighted by molar-refractivity contribution is 0.212. The van der Waals surface area contributed by atoms with Crippen LogP contribution in [-0.2, 0) is 44.0 Å². The largest absolute Gasteiger partial charge is 0.478 e. The van der Waals surface area contributed by atoms with E-state index in [9.17, 15) is 0 Å². The van der Waals surface area contributed by atoms with Crippen LogP contribution in [0.4, 0.5) is 0 Å². The van der Waals surface area contributed by atoms with E-state index in [0.717, 1.165) is 24.6 Å². The topological polar surface area (TPSA) is 43.2 Å². The van der Waals surface area contributed by atoms with Crippen LogP contribution < -0.4 is 0 Å². The van der Waals surface area contributed by atoms with Crippen molar-refractivity contribution in [2.75, 3.05) is 13.2 Å². The molecule has 0 aromatic heterocycles. The highest BCUT2D eigenvalue weighted by molar-refractivity contribution is 6.07. The summed E-state index contributed by atoms with van der Waals surface area (Å²) in [4.78, 5) is 11.4. The summed E-state index contributed by atoms with van der Waals surface area (Å²) in [5, 5.41) is 0. The van der Waals surface area contributed by atoms with E-state index >= 15 is 0 Å². The molecule has 2 aromatic carbocycles. The van der Waals surface area contributed by atoms with Crippen molar-refractivity contribution in [3.05, 3.63) is 69.8 Å². The Kier molecular flexibility index (Phi) is 11.4. The van der Waals surface area contributed by atoms with Gasteiger partial charge in [0.1, 0.15) is 18.6 Å². The Labute approximate surface area is 324 Å². The highest BCUT2D eigenvalue weighted by Crippen LogP contribution is 2.43. The molecule has 2 heterocycles. The molecule has 0 unspecified atom stereocenters. The predicted molar refractivity (Wildman–Crippen MR) is 225 cm³/mol. The Bertz CT molecular complexity index is 1450. The lowest BCUT2D eigenvalue weighted by Crippen LogP contribution is -2.44. The predicted octanol–water partition coefficient (Wildman–Crippen LogP) is 12.4. The summed E-state index contributed by atoms with van der Waals surface area (Å²) < 4.78 is 14.0. The van der Waals surface area contributed by atoms with Gasteiger partial charge in [-0.1, -0.05) is 158 Å². The molecule has 0 bridgehead atoms. The van der Waals surface area contributed by atoms with Gasteiger partial charge >= 0.3 is 0 Å². The van der Waals surface area contributed by atoms with Crippen LogP contribution in [0.1, 0.15) is 181 Å². The molecule has 53 heavy (non-hydrogen) atoms. The maximum absolute atomic E-state index is 7.00. The first-order valence-electron chi connectivity index (χ1n) is 21.4. The molecule has 4 aliphatic rings. The van der Waals surface area contributed by atoms with Crippen molar-refractivity contribution in [1.29, 1.82) is 0 Å². The summed E-state index contributed by atoms with van der Waals surface area (Å²) in [5.41, 5.74) is 7.57. The van der Waals surface area contributed by atoms with E-state index in [2.05, 4.69) is 119 Å². The number of ether oxygens (including phenoxy) is 2. The van der Waals surface area contributed by atoms with Gasteiger partial charge in [0.2, 0.25) is 0 Å². The van der Waals surface area contributed by atoms with Gasteiger partial charge in [0.25, 0.3) is 0 Å². The molecule has 2 aromatic rings. The Hall–Kier alpha value is -2.62. The van der Waals surface area contributed by atoms with Crippen molar-refractivity contribution in [3.8, 4) is 0 Å². The summed E-state index contributed by atoms with van der Waals surface area (Å²) in [5.74, 6) is 2.92. The van der Waals surface area contributed by atoms with Crippen molar-refractivity contribution in [2.45, 2.75) is 194 Å². The van der Waals surface area contributed by atoms with Gasteiger partial charge in [-0.3, -0.25) is 0 Å². The van der Waals surface area contributed by atoms with E-state index in [-0.39, 0.29) is 33.7 Å². The molecule has 6 rings (SSSR count). The van der Waals surface area contributed by atoms with Gasteiger partial charge in [0.15, 0.2) is 11.8 Å². The van der Waals surface area contributed by atoms with E-state index < -0.39 is 5.41 Å². The molecule has 0 amide bonds. The maximum atomic E-state index is 7.00. The quantitative estimate of drug-likeness (QED) is 0.272. The average Bonchev–Trinajstić information content (AvgIpc) is 3.79. The Morgan fingerprint density at radius 3 is 1.04 bits per heavy atom. The standard InChI is InChI=1S/C49H74N2O2/c1-45(2,3)37-23-33(24-38(27-37)46(4,5)6)29-49(43-50-41(31-52-43)35-19-15-13-16-20-35,44-51-42(32-53-44)36-21-17-14-18-22-36)30-34-25-39(47(7,8)9)28-40(26-34)48(10,11)12/h23-28,35-36,41-42H,13-22,29-32H2,1-12H3/t41-,42-/m1/s1. The first-order chi connectivity index (χ1) is 24.7. The molecule has 0 spiro atoms. The first-order valence-corrected chi connectivity index (χ1v) is 21.4. The van der Waals surface area contributed by atoms with Gasteiger partial charge in [-0.2, -0.15) is 0 Å². The number of hydrogen-bond donors (Lipinski definition) is 0. The third-order valence-corrected chi connectivity index (χ3v) is 13.0. The third kappa shape index (κ3) is 9.27. The summed E-state index contributed by atoms with van der Waals surface area (Å²) in [6.45, 7) is 29.5. The van der Waals surface area contributed by atoms with Crippen LogP contribution in [-0.4, -0.2) is 37.1 Å². The zero-order valence-electron chi connectivity index (χ0n) is 35.9. The molecule has 2 aliphatic heterocycles. The highest BCUT2D eigenvalue weighted by atomic mass is 16.5.